The van der Waals surface area contributed by atoms with E-state index < -0.39 is 0 Å². The summed E-state index contributed by atoms with van der Waals surface area (Å²) in [7, 11) is 0. The summed E-state index contributed by atoms with van der Waals surface area (Å²) >= 11 is 1.92. The molecule has 1 atom stereocenters. The van der Waals surface area contributed by atoms with Crippen molar-refractivity contribution in [3.05, 3.63) is 23.9 Å². The van der Waals surface area contributed by atoms with Gasteiger partial charge in [0.2, 0.25) is 0 Å². The predicted molar refractivity (Wildman–Crippen MR) is 80.8 cm³/mol. The van der Waals surface area contributed by atoms with Crippen LogP contribution < -0.4 is 5.32 Å². The molecule has 19 heavy (non-hydrogen) atoms. The van der Waals surface area contributed by atoms with Gasteiger partial charge in [-0.25, -0.2) is 4.98 Å². The average molecular weight is 279 g/mol. The van der Waals surface area contributed by atoms with E-state index in [4.69, 9.17) is 0 Å². The Balaban J connectivity index is 2.05. The molecule has 1 unspecified atom stereocenters. The number of pyridine rings is 1. The molecule has 1 aliphatic rings. The summed E-state index contributed by atoms with van der Waals surface area (Å²) in [5.74, 6) is 1.85. The number of nitrogens with one attached hydrogen (secondary N) is 1. The first-order valence-corrected chi connectivity index (χ1v) is 7.87. The van der Waals surface area contributed by atoms with Gasteiger partial charge in [-0.3, -0.25) is 4.79 Å². The van der Waals surface area contributed by atoms with E-state index in [-0.39, 0.29) is 5.91 Å². The van der Waals surface area contributed by atoms with E-state index in [0.29, 0.717) is 10.9 Å². The van der Waals surface area contributed by atoms with Gasteiger partial charge in [0, 0.05) is 30.6 Å². The fraction of sp³-hybridized carbons (Fsp3) is 0.571. The number of hydrogen-bond donors (Lipinski definition) is 1. The Bertz CT molecular complexity index is 438. The van der Waals surface area contributed by atoms with Crippen LogP contribution in [0.3, 0.4) is 0 Å². The van der Waals surface area contributed by atoms with Crippen molar-refractivity contribution in [2.45, 2.75) is 25.5 Å². The Kier molecular flexibility index (Phi) is 5.07. The van der Waals surface area contributed by atoms with Crippen LogP contribution in [0.4, 0.5) is 5.82 Å². The van der Waals surface area contributed by atoms with E-state index in [0.717, 1.165) is 37.6 Å². The number of carbonyl (C=O) groups is 1. The molecule has 1 fully saturated rings. The summed E-state index contributed by atoms with van der Waals surface area (Å²) in [6.07, 6.45) is 1.04. The number of aromatic nitrogens is 1. The summed E-state index contributed by atoms with van der Waals surface area (Å²) in [6, 6.07) is 5.59. The molecule has 2 rings (SSSR count). The molecule has 1 saturated heterocycles. The molecule has 2 heterocycles. The molecule has 0 aromatic carbocycles. The lowest BCUT2D eigenvalue weighted by Gasteiger charge is -2.30. The van der Waals surface area contributed by atoms with Crippen molar-refractivity contribution in [2.75, 3.05) is 30.7 Å². The fourth-order valence-electron chi connectivity index (χ4n) is 2.07. The minimum Gasteiger partial charge on any atom is -0.370 e. The fourth-order valence-corrected chi connectivity index (χ4v) is 3.08. The lowest BCUT2D eigenvalue weighted by Crippen LogP contribution is -2.41. The van der Waals surface area contributed by atoms with Gasteiger partial charge >= 0.3 is 0 Å². The summed E-state index contributed by atoms with van der Waals surface area (Å²) in [6.45, 7) is 6.79. The van der Waals surface area contributed by atoms with Crippen LogP contribution in [0.25, 0.3) is 0 Å². The van der Waals surface area contributed by atoms with Crippen molar-refractivity contribution < 1.29 is 4.79 Å². The van der Waals surface area contributed by atoms with Crippen LogP contribution in [0.5, 0.6) is 0 Å². The van der Waals surface area contributed by atoms with E-state index in [1.54, 1.807) is 6.07 Å². The van der Waals surface area contributed by atoms with Gasteiger partial charge in [-0.1, -0.05) is 19.9 Å². The van der Waals surface area contributed by atoms with Gasteiger partial charge in [0.25, 0.3) is 5.91 Å². The van der Waals surface area contributed by atoms with Crippen LogP contribution in [-0.2, 0) is 0 Å². The Morgan fingerprint density at radius 1 is 1.58 bits per heavy atom. The largest absolute Gasteiger partial charge is 0.370 e. The Hall–Kier alpha value is -1.23. The van der Waals surface area contributed by atoms with E-state index in [2.05, 4.69) is 24.1 Å². The first-order valence-electron chi connectivity index (χ1n) is 6.82. The zero-order valence-electron chi connectivity index (χ0n) is 11.6. The normalized spacial score (nSPS) is 19.3. The molecular weight excluding hydrogens is 258 g/mol. The van der Waals surface area contributed by atoms with Gasteiger partial charge in [-0.05, 0) is 18.6 Å². The first kappa shape index (κ1) is 14.2. The van der Waals surface area contributed by atoms with E-state index >= 15 is 0 Å². The second kappa shape index (κ2) is 6.80. The van der Waals surface area contributed by atoms with Crippen LogP contribution in [0.1, 0.15) is 30.8 Å². The SMILES string of the molecule is CCCNc1cccc(C(=O)N2CCSC(C)C2)n1. The van der Waals surface area contributed by atoms with Crippen molar-refractivity contribution in [2.24, 2.45) is 0 Å². The summed E-state index contributed by atoms with van der Waals surface area (Å²) in [4.78, 5) is 18.7. The molecule has 104 valence electrons. The molecule has 0 aliphatic carbocycles. The lowest BCUT2D eigenvalue weighted by atomic mass is 10.3. The molecule has 1 aliphatic heterocycles. The molecule has 1 aromatic heterocycles. The maximum atomic E-state index is 12.4. The van der Waals surface area contributed by atoms with Crippen molar-refractivity contribution in [3.63, 3.8) is 0 Å². The molecule has 1 N–H and O–H groups in total. The quantitative estimate of drug-likeness (QED) is 0.919. The molecule has 0 spiro atoms. The number of hydrogen-bond acceptors (Lipinski definition) is 4. The highest BCUT2D eigenvalue weighted by atomic mass is 32.2. The van der Waals surface area contributed by atoms with E-state index in [1.807, 2.05) is 28.8 Å². The minimum absolute atomic E-state index is 0.0484. The first-order chi connectivity index (χ1) is 9.20. The number of carbonyl (C=O) groups excluding carboxylic acids is 1. The zero-order valence-corrected chi connectivity index (χ0v) is 12.4. The third-order valence-electron chi connectivity index (χ3n) is 3.05. The third-order valence-corrected chi connectivity index (χ3v) is 4.19. The highest BCUT2D eigenvalue weighted by molar-refractivity contribution is 7.99. The summed E-state index contributed by atoms with van der Waals surface area (Å²) in [5.41, 5.74) is 0.542. The molecule has 0 radical (unpaired) electrons. The number of nitrogens with zero attached hydrogens (tertiary/aromatic N) is 2. The maximum absolute atomic E-state index is 12.4. The summed E-state index contributed by atoms with van der Waals surface area (Å²) in [5, 5.41) is 3.73. The second-order valence-corrected chi connectivity index (χ2v) is 6.31. The van der Waals surface area contributed by atoms with Crippen molar-refractivity contribution in [1.29, 1.82) is 0 Å². The van der Waals surface area contributed by atoms with Gasteiger partial charge in [-0.2, -0.15) is 11.8 Å². The van der Waals surface area contributed by atoms with Gasteiger partial charge < -0.3 is 10.2 Å². The van der Waals surface area contributed by atoms with Crippen molar-refractivity contribution in [1.82, 2.24) is 9.88 Å². The van der Waals surface area contributed by atoms with Crippen LogP contribution in [0, 0.1) is 0 Å². The van der Waals surface area contributed by atoms with Crippen LogP contribution in [0.15, 0.2) is 18.2 Å². The maximum Gasteiger partial charge on any atom is 0.272 e. The monoisotopic (exact) mass is 279 g/mol. The molecule has 5 heteroatoms. The molecule has 1 amide bonds. The molecule has 4 nitrogen and oxygen atoms in total. The summed E-state index contributed by atoms with van der Waals surface area (Å²) < 4.78 is 0. The Labute approximate surface area is 119 Å². The lowest BCUT2D eigenvalue weighted by molar-refractivity contribution is 0.0757. The molecular formula is C14H21N3OS. The third kappa shape index (κ3) is 3.86. The topological polar surface area (TPSA) is 45.2 Å². The van der Waals surface area contributed by atoms with Crippen LogP contribution in [0.2, 0.25) is 0 Å². The van der Waals surface area contributed by atoms with Gasteiger partial charge in [0.05, 0.1) is 0 Å². The molecule has 0 saturated carbocycles. The zero-order chi connectivity index (χ0) is 13.7. The number of amides is 1. The number of thioether (sulfide) groups is 1. The highest BCUT2D eigenvalue weighted by Crippen LogP contribution is 2.19. The number of rotatable bonds is 4. The van der Waals surface area contributed by atoms with E-state index in [9.17, 15) is 4.79 Å². The van der Waals surface area contributed by atoms with E-state index in [1.165, 1.54) is 0 Å². The predicted octanol–water partition coefficient (Wildman–Crippen LogP) is 2.48. The Morgan fingerprint density at radius 3 is 3.16 bits per heavy atom. The smallest absolute Gasteiger partial charge is 0.272 e. The van der Waals surface area contributed by atoms with Crippen molar-refractivity contribution in [3.8, 4) is 0 Å². The standard InChI is InChI=1S/C14H21N3OS/c1-3-7-15-13-6-4-5-12(16-13)14(18)17-8-9-19-11(2)10-17/h4-6,11H,3,7-10H2,1-2H3,(H,15,16). The highest BCUT2D eigenvalue weighted by Gasteiger charge is 2.23. The van der Waals surface area contributed by atoms with Crippen molar-refractivity contribution >= 4 is 23.5 Å². The van der Waals surface area contributed by atoms with Crippen LogP contribution in [-0.4, -0.2) is 46.4 Å². The van der Waals surface area contributed by atoms with Gasteiger partial charge in [0.1, 0.15) is 11.5 Å². The second-order valence-electron chi connectivity index (χ2n) is 4.77. The molecule has 0 bridgehead atoms. The average Bonchev–Trinajstić information content (AvgIpc) is 2.44. The van der Waals surface area contributed by atoms with Gasteiger partial charge in [-0.15, -0.1) is 0 Å². The van der Waals surface area contributed by atoms with Crippen LogP contribution >= 0.6 is 11.8 Å². The Morgan fingerprint density at radius 2 is 2.42 bits per heavy atom. The minimum atomic E-state index is 0.0484. The number of anilines is 1. The molecule has 1 aromatic rings. The van der Waals surface area contributed by atoms with Gasteiger partial charge in [0.15, 0.2) is 0 Å².